The van der Waals surface area contributed by atoms with Crippen molar-refractivity contribution in [3.05, 3.63) is 207 Å². The highest BCUT2D eigenvalue weighted by Gasteiger charge is 2.27. The average molecular weight is 1430 g/mol. The van der Waals surface area contributed by atoms with Crippen LogP contribution in [0.15, 0.2) is 207 Å². The smallest absolute Gasteiger partial charge is 0.462 e. The first-order valence-corrected chi connectivity index (χ1v) is 42.3. The van der Waals surface area contributed by atoms with Gasteiger partial charge in [-0.15, -0.1) is 0 Å². The van der Waals surface area contributed by atoms with Gasteiger partial charge in [0.15, 0.2) is 6.10 Å². The Morgan fingerprint density at radius 2 is 0.529 bits per heavy atom. The van der Waals surface area contributed by atoms with Crippen molar-refractivity contribution in [3.63, 3.8) is 0 Å². The van der Waals surface area contributed by atoms with Crippen LogP contribution in [-0.2, 0) is 32.7 Å². The molecule has 0 aromatic carbocycles. The Hall–Kier alpha value is -5.41. The van der Waals surface area contributed by atoms with E-state index in [1.807, 2.05) is 21.1 Å². The summed E-state index contributed by atoms with van der Waals surface area (Å²) in [4.78, 5) is 36.0. The van der Waals surface area contributed by atoms with Crippen LogP contribution < -0.4 is 0 Å². The fourth-order valence-corrected chi connectivity index (χ4v) is 11.4. The molecule has 2 atom stereocenters. The number of phosphoric acid groups is 1. The summed E-state index contributed by atoms with van der Waals surface area (Å²) in [6.07, 6.45) is 125. The van der Waals surface area contributed by atoms with Crippen molar-refractivity contribution in [2.24, 2.45) is 0 Å². The van der Waals surface area contributed by atoms with Crippen LogP contribution in [0, 0.1) is 0 Å². The molecule has 0 amide bonds. The second-order valence-corrected chi connectivity index (χ2v) is 29.1. The van der Waals surface area contributed by atoms with E-state index in [1.165, 1.54) is 122 Å². The molecule has 102 heavy (non-hydrogen) atoms. The van der Waals surface area contributed by atoms with Crippen LogP contribution >= 0.6 is 7.82 Å². The molecule has 0 aliphatic rings. The number of nitrogens with zero attached hydrogens (tertiary/aromatic N) is 1. The summed E-state index contributed by atoms with van der Waals surface area (Å²) < 4.78 is 34.8. The van der Waals surface area contributed by atoms with Crippen LogP contribution in [0.25, 0.3) is 0 Å². The van der Waals surface area contributed by atoms with Gasteiger partial charge in [-0.05, 0) is 148 Å². The monoisotopic (exact) mass is 1430 g/mol. The van der Waals surface area contributed by atoms with E-state index in [4.69, 9.17) is 18.5 Å². The molecular weight excluding hydrogens is 1280 g/mol. The van der Waals surface area contributed by atoms with E-state index in [-0.39, 0.29) is 32.0 Å². The summed E-state index contributed by atoms with van der Waals surface area (Å²) >= 11 is 0. The zero-order valence-corrected chi connectivity index (χ0v) is 66.7. The number of phosphoric ester groups is 1. The third-order valence-electron chi connectivity index (χ3n) is 16.8. The lowest BCUT2D eigenvalue weighted by atomic mass is 10.0. The number of carbonyl (C=O) groups excluding carboxylic acids is 2. The quantitative estimate of drug-likeness (QED) is 0.0211. The van der Waals surface area contributed by atoms with Crippen LogP contribution in [0.5, 0.6) is 0 Å². The molecule has 10 heteroatoms. The zero-order chi connectivity index (χ0) is 74.0. The van der Waals surface area contributed by atoms with Crippen molar-refractivity contribution in [2.75, 3.05) is 47.5 Å². The van der Waals surface area contributed by atoms with Crippen LogP contribution in [0.2, 0.25) is 0 Å². The van der Waals surface area contributed by atoms with Crippen molar-refractivity contribution in [1.29, 1.82) is 0 Å². The Balaban J connectivity index is 4.06. The second-order valence-electron chi connectivity index (χ2n) is 27.7. The molecule has 0 heterocycles. The Labute approximate surface area is 627 Å². The number of hydrogen-bond donors (Lipinski definition) is 1. The molecule has 0 saturated carbocycles. The minimum atomic E-state index is -4.41. The van der Waals surface area contributed by atoms with Crippen molar-refractivity contribution in [1.82, 2.24) is 0 Å². The highest BCUT2D eigenvalue weighted by atomic mass is 31.2. The predicted molar refractivity (Wildman–Crippen MR) is 445 cm³/mol. The lowest BCUT2D eigenvalue weighted by molar-refractivity contribution is -0.870. The third-order valence-corrected chi connectivity index (χ3v) is 17.8. The van der Waals surface area contributed by atoms with Crippen molar-refractivity contribution in [2.45, 2.75) is 315 Å². The normalized spacial score (nSPS) is 14.1. The van der Waals surface area contributed by atoms with Gasteiger partial charge >= 0.3 is 19.8 Å². The van der Waals surface area contributed by atoms with Crippen molar-refractivity contribution in [3.8, 4) is 0 Å². The van der Waals surface area contributed by atoms with Gasteiger partial charge in [0, 0.05) is 12.8 Å². The molecule has 0 radical (unpaired) electrons. The lowest BCUT2D eigenvalue weighted by Gasteiger charge is -2.24. The first-order valence-electron chi connectivity index (χ1n) is 40.8. The largest absolute Gasteiger partial charge is 0.472 e. The first kappa shape index (κ1) is 96.6. The van der Waals surface area contributed by atoms with Crippen LogP contribution in [0.4, 0.5) is 0 Å². The standard InChI is InChI=1S/C92H150NO8P/c1-6-8-10-12-14-16-18-20-22-24-26-28-30-32-34-36-38-40-42-44-45-46-47-49-51-53-55-57-59-61-63-65-67-69-71-73-75-77-79-81-83-85-92(95)101-90(89-100-102(96,97)99-87-86-93(3,4)5)88-98-91(94)84-82-80-78-76-74-72-70-68-66-64-62-60-58-56-54-52-50-48-43-41-39-37-35-33-31-29-27-25-23-21-19-17-15-13-11-9-7-2/h8-11,14-17,20-23,26-29,32-35,38-41,44-45,47,49,53,55,59,61,65,67,90H,6-7,12-13,18-19,24-25,30-31,36-37,42-43,46,48,50-52,54,56-58,60,62-64,66,68-89H2,1-5H3/p+1/b10-8-,11-9-,16-14-,17-15-,22-20-,23-21-,28-26-,29-27-,34-32-,35-33-,40-38-,41-39-,45-44-,49-47-,55-53-,61-59-,67-65-. The summed E-state index contributed by atoms with van der Waals surface area (Å²) in [7, 11) is 1.45. The van der Waals surface area contributed by atoms with Crippen molar-refractivity contribution < 1.29 is 42.1 Å². The number of hydrogen-bond acceptors (Lipinski definition) is 7. The number of quaternary nitrogens is 1. The highest BCUT2D eigenvalue weighted by molar-refractivity contribution is 7.47. The molecule has 0 aliphatic carbocycles. The number of ether oxygens (including phenoxy) is 2. The zero-order valence-electron chi connectivity index (χ0n) is 65.8. The Bertz CT molecular complexity index is 2480. The molecule has 0 rings (SSSR count). The van der Waals surface area contributed by atoms with E-state index in [2.05, 4.69) is 220 Å². The molecule has 0 saturated heterocycles. The van der Waals surface area contributed by atoms with E-state index in [0.29, 0.717) is 17.4 Å². The minimum absolute atomic E-state index is 0.0207. The fourth-order valence-electron chi connectivity index (χ4n) is 10.7. The highest BCUT2D eigenvalue weighted by Crippen LogP contribution is 2.43. The number of likely N-dealkylation sites (N-methyl/N-ethyl adjacent to an activating group) is 1. The van der Waals surface area contributed by atoms with E-state index < -0.39 is 26.5 Å². The third kappa shape index (κ3) is 83.5. The van der Waals surface area contributed by atoms with Gasteiger partial charge in [0.1, 0.15) is 19.8 Å². The second kappa shape index (κ2) is 79.7. The van der Waals surface area contributed by atoms with Crippen LogP contribution in [0.3, 0.4) is 0 Å². The maximum absolute atomic E-state index is 12.9. The van der Waals surface area contributed by atoms with E-state index in [1.54, 1.807) is 0 Å². The topological polar surface area (TPSA) is 108 Å². The van der Waals surface area contributed by atoms with Gasteiger partial charge in [-0.2, -0.15) is 0 Å². The lowest BCUT2D eigenvalue weighted by Crippen LogP contribution is -2.37. The molecule has 0 bridgehead atoms. The maximum atomic E-state index is 12.9. The van der Waals surface area contributed by atoms with Gasteiger partial charge in [0.05, 0.1) is 27.7 Å². The number of unbranched alkanes of at least 4 members (excludes halogenated alkanes) is 25. The molecule has 576 valence electrons. The van der Waals surface area contributed by atoms with Crippen LogP contribution in [-0.4, -0.2) is 74.9 Å². The van der Waals surface area contributed by atoms with E-state index in [9.17, 15) is 19.0 Å². The molecule has 2 unspecified atom stereocenters. The molecule has 0 aromatic rings. The Kier molecular flexibility index (Phi) is 75.5. The number of allylic oxidation sites excluding steroid dienone is 34. The van der Waals surface area contributed by atoms with Gasteiger partial charge in [-0.3, -0.25) is 18.6 Å². The number of carbonyl (C=O) groups is 2. The summed E-state index contributed by atoms with van der Waals surface area (Å²) in [5.74, 6) is -0.814. The summed E-state index contributed by atoms with van der Waals surface area (Å²) in [6.45, 7) is 4.19. The molecule has 0 aromatic heterocycles. The average Bonchev–Trinajstić information content (AvgIpc) is 0.916. The fraction of sp³-hybridized carbons (Fsp3) is 0.609. The molecule has 0 spiro atoms. The van der Waals surface area contributed by atoms with Gasteiger partial charge in [-0.25, -0.2) is 4.57 Å². The summed E-state index contributed by atoms with van der Waals surface area (Å²) in [5.41, 5.74) is 0. The Morgan fingerprint density at radius 1 is 0.304 bits per heavy atom. The predicted octanol–water partition coefficient (Wildman–Crippen LogP) is 27.7. The molecule has 0 aliphatic heterocycles. The first-order chi connectivity index (χ1) is 50.0. The number of esters is 2. The summed E-state index contributed by atoms with van der Waals surface area (Å²) in [6, 6.07) is 0. The minimum Gasteiger partial charge on any atom is -0.462 e. The molecule has 9 nitrogen and oxygen atoms in total. The summed E-state index contributed by atoms with van der Waals surface area (Å²) in [5, 5.41) is 0. The Morgan fingerprint density at radius 3 is 0.784 bits per heavy atom. The molecule has 1 N–H and O–H groups in total. The van der Waals surface area contributed by atoms with Crippen LogP contribution in [0.1, 0.15) is 309 Å². The SMILES string of the molecule is CC/C=C\C/C=C\C/C=C\C/C=C\C/C=C\C/C=C\C/C=C\C/C=C\C/C=C\C/C=C\C/C=C\CCCCCCCCCC(=O)OC(COC(=O)CCCCCCCCCCCCCCCCCCCC/C=C\C/C=C\C/C=C\C/C=C\C/C=C\C/C=C\CC)COP(=O)(O)OCC[N+](C)(C)C. The maximum Gasteiger partial charge on any atom is 0.472 e. The van der Waals surface area contributed by atoms with Gasteiger partial charge < -0.3 is 18.9 Å². The van der Waals surface area contributed by atoms with Gasteiger partial charge in [-0.1, -0.05) is 355 Å². The molecule has 0 fully saturated rings. The number of rotatable bonds is 73. The van der Waals surface area contributed by atoms with E-state index in [0.717, 1.165) is 154 Å². The molecular formula is C92H151NO8P+. The van der Waals surface area contributed by atoms with E-state index >= 15 is 0 Å². The van der Waals surface area contributed by atoms with Crippen molar-refractivity contribution >= 4 is 19.8 Å². The van der Waals surface area contributed by atoms with Gasteiger partial charge in [0.2, 0.25) is 0 Å². The van der Waals surface area contributed by atoms with Gasteiger partial charge in [0.25, 0.3) is 0 Å².